The molecule has 0 bridgehead atoms. The maximum absolute atomic E-state index is 6.11. The summed E-state index contributed by atoms with van der Waals surface area (Å²) in [6.07, 6.45) is 6.17. The molecule has 0 aromatic rings. The van der Waals surface area contributed by atoms with Gasteiger partial charge in [-0.3, -0.25) is 4.90 Å². The second kappa shape index (κ2) is 7.20. The second-order valence-corrected chi connectivity index (χ2v) is 4.62. The average Bonchev–Trinajstić information content (AvgIpc) is 3.01. The van der Waals surface area contributed by atoms with E-state index in [1.54, 1.807) is 7.11 Å². The normalized spacial score (nSPS) is 18.4. The number of nitrogens with zero attached hydrogens (tertiary/aromatic N) is 1. The van der Waals surface area contributed by atoms with Crippen LogP contribution in [0, 0.1) is 0 Å². The topological polar surface area (TPSA) is 38.5 Å². The molecule has 0 radical (unpaired) electrons. The fraction of sp³-hybridized carbons (Fsp3) is 1.00. The summed E-state index contributed by atoms with van der Waals surface area (Å²) in [7, 11) is 1.75. The molecule has 90 valence electrons. The summed E-state index contributed by atoms with van der Waals surface area (Å²) in [5.74, 6) is 0. The number of rotatable bonds is 9. The van der Waals surface area contributed by atoms with Crippen LogP contribution in [0.3, 0.4) is 0 Å². The molecule has 0 aromatic heterocycles. The minimum absolute atomic E-state index is 0.326. The molecule has 0 amide bonds. The van der Waals surface area contributed by atoms with Gasteiger partial charge >= 0.3 is 0 Å². The van der Waals surface area contributed by atoms with Gasteiger partial charge in [0.1, 0.15) is 0 Å². The van der Waals surface area contributed by atoms with Crippen LogP contribution in [0.4, 0.5) is 0 Å². The van der Waals surface area contributed by atoms with Gasteiger partial charge in [-0.1, -0.05) is 6.92 Å². The lowest BCUT2D eigenvalue weighted by molar-refractivity contribution is 0.184. The van der Waals surface area contributed by atoms with Gasteiger partial charge in [-0.2, -0.15) is 0 Å². The molecular formula is C12H26N2O. The lowest BCUT2D eigenvalue weighted by atomic mass is 10.1. The van der Waals surface area contributed by atoms with E-state index in [9.17, 15) is 0 Å². The lowest BCUT2D eigenvalue weighted by Crippen LogP contribution is -2.39. The standard InChI is InChI=1S/C12H26N2O/c1-3-8-14(12-6-7-12)10-11(13)5-4-9-15-2/h11-12H,3-10,13H2,1-2H3. The monoisotopic (exact) mass is 214 g/mol. The van der Waals surface area contributed by atoms with E-state index >= 15 is 0 Å². The van der Waals surface area contributed by atoms with Crippen molar-refractivity contribution >= 4 is 0 Å². The van der Waals surface area contributed by atoms with Crippen molar-refractivity contribution < 1.29 is 4.74 Å². The zero-order valence-electron chi connectivity index (χ0n) is 10.2. The van der Waals surface area contributed by atoms with Crippen molar-refractivity contribution in [2.24, 2.45) is 5.73 Å². The summed E-state index contributed by atoms with van der Waals surface area (Å²) in [5.41, 5.74) is 6.11. The highest BCUT2D eigenvalue weighted by atomic mass is 16.5. The SMILES string of the molecule is CCCN(CC(N)CCCOC)C1CC1. The molecule has 1 aliphatic rings. The summed E-state index contributed by atoms with van der Waals surface area (Å²) >= 11 is 0. The fourth-order valence-corrected chi connectivity index (χ4v) is 2.03. The molecule has 1 atom stereocenters. The number of ether oxygens (including phenoxy) is 1. The number of hydrogen-bond acceptors (Lipinski definition) is 3. The van der Waals surface area contributed by atoms with Crippen molar-refractivity contribution in [1.82, 2.24) is 4.90 Å². The van der Waals surface area contributed by atoms with Gasteiger partial charge < -0.3 is 10.5 Å². The van der Waals surface area contributed by atoms with Gasteiger partial charge in [0.25, 0.3) is 0 Å². The molecule has 1 fully saturated rings. The predicted octanol–water partition coefficient (Wildman–Crippen LogP) is 1.61. The maximum Gasteiger partial charge on any atom is 0.0462 e. The highest BCUT2D eigenvalue weighted by molar-refractivity contribution is 4.86. The number of hydrogen-bond donors (Lipinski definition) is 1. The van der Waals surface area contributed by atoms with Gasteiger partial charge in [0, 0.05) is 32.3 Å². The molecule has 0 aliphatic heterocycles. The van der Waals surface area contributed by atoms with E-state index in [-0.39, 0.29) is 0 Å². The third-order valence-electron chi connectivity index (χ3n) is 2.97. The van der Waals surface area contributed by atoms with Crippen molar-refractivity contribution in [2.75, 3.05) is 26.8 Å². The first-order valence-electron chi connectivity index (χ1n) is 6.26. The van der Waals surface area contributed by atoms with Crippen molar-refractivity contribution in [3.05, 3.63) is 0 Å². The maximum atomic E-state index is 6.11. The largest absolute Gasteiger partial charge is 0.385 e. The summed E-state index contributed by atoms with van der Waals surface area (Å²) in [6, 6.07) is 1.17. The zero-order valence-corrected chi connectivity index (χ0v) is 10.2. The third-order valence-corrected chi connectivity index (χ3v) is 2.97. The smallest absolute Gasteiger partial charge is 0.0462 e. The average molecular weight is 214 g/mol. The molecule has 0 aromatic carbocycles. The summed E-state index contributed by atoms with van der Waals surface area (Å²) < 4.78 is 5.04. The molecule has 0 heterocycles. The van der Waals surface area contributed by atoms with Crippen molar-refractivity contribution in [2.45, 2.75) is 51.1 Å². The van der Waals surface area contributed by atoms with E-state index in [4.69, 9.17) is 10.5 Å². The van der Waals surface area contributed by atoms with Gasteiger partial charge in [-0.15, -0.1) is 0 Å². The van der Waals surface area contributed by atoms with Crippen molar-refractivity contribution in [3.63, 3.8) is 0 Å². The van der Waals surface area contributed by atoms with Crippen LogP contribution >= 0.6 is 0 Å². The Morgan fingerprint density at radius 3 is 2.73 bits per heavy atom. The third kappa shape index (κ3) is 5.50. The van der Waals surface area contributed by atoms with Gasteiger partial charge in [0.05, 0.1) is 0 Å². The van der Waals surface area contributed by atoms with E-state index < -0.39 is 0 Å². The number of methoxy groups -OCH3 is 1. The summed E-state index contributed by atoms with van der Waals surface area (Å²) in [5, 5.41) is 0. The molecule has 1 rings (SSSR count). The molecule has 0 spiro atoms. The highest BCUT2D eigenvalue weighted by Gasteiger charge is 2.28. The number of nitrogens with two attached hydrogens (primary N) is 1. The molecule has 15 heavy (non-hydrogen) atoms. The Morgan fingerprint density at radius 1 is 1.47 bits per heavy atom. The van der Waals surface area contributed by atoms with Crippen LogP contribution in [-0.4, -0.2) is 43.8 Å². The molecular weight excluding hydrogens is 188 g/mol. The highest BCUT2D eigenvalue weighted by Crippen LogP contribution is 2.27. The van der Waals surface area contributed by atoms with Gasteiger partial charge in [0.2, 0.25) is 0 Å². The first-order chi connectivity index (χ1) is 7.27. The Hall–Kier alpha value is -0.120. The van der Waals surface area contributed by atoms with Crippen LogP contribution in [0.2, 0.25) is 0 Å². The van der Waals surface area contributed by atoms with Crippen LogP contribution in [-0.2, 0) is 4.74 Å². The molecule has 2 N–H and O–H groups in total. The first-order valence-corrected chi connectivity index (χ1v) is 6.26. The van der Waals surface area contributed by atoms with Crippen LogP contribution in [0.5, 0.6) is 0 Å². The van der Waals surface area contributed by atoms with Crippen molar-refractivity contribution in [3.8, 4) is 0 Å². The van der Waals surface area contributed by atoms with Crippen molar-refractivity contribution in [1.29, 1.82) is 0 Å². The Labute approximate surface area is 94.0 Å². The molecule has 3 nitrogen and oxygen atoms in total. The Kier molecular flexibility index (Phi) is 6.22. The van der Waals surface area contributed by atoms with E-state index in [2.05, 4.69) is 11.8 Å². The van der Waals surface area contributed by atoms with Gasteiger partial charge in [-0.05, 0) is 38.6 Å². The van der Waals surface area contributed by atoms with Gasteiger partial charge in [-0.25, -0.2) is 0 Å². The van der Waals surface area contributed by atoms with E-state index in [1.807, 2.05) is 0 Å². The minimum atomic E-state index is 0.326. The van der Waals surface area contributed by atoms with Crippen LogP contribution < -0.4 is 5.73 Å². The second-order valence-electron chi connectivity index (χ2n) is 4.62. The van der Waals surface area contributed by atoms with Gasteiger partial charge in [0.15, 0.2) is 0 Å². The molecule has 0 saturated heterocycles. The Morgan fingerprint density at radius 2 is 2.20 bits per heavy atom. The Bertz CT molecular complexity index is 160. The van der Waals surface area contributed by atoms with E-state index in [1.165, 1.54) is 25.8 Å². The van der Waals surface area contributed by atoms with E-state index in [0.717, 1.165) is 32.0 Å². The Balaban J connectivity index is 2.12. The lowest BCUT2D eigenvalue weighted by Gasteiger charge is -2.24. The zero-order chi connectivity index (χ0) is 11.1. The molecule has 1 unspecified atom stereocenters. The first kappa shape index (κ1) is 12.9. The molecule has 1 aliphatic carbocycles. The summed E-state index contributed by atoms with van der Waals surface area (Å²) in [6.45, 7) is 5.36. The predicted molar refractivity (Wildman–Crippen MR) is 64.0 cm³/mol. The fourth-order valence-electron chi connectivity index (χ4n) is 2.03. The summed E-state index contributed by atoms with van der Waals surface area (Å²) in [4.78, 5) is 2.57. The molecule has 1 saturated carbocycles. The van der Waals surface area contributed by atoms with E-state index in [0.29, 0.717) is 6.04 Å². The van der Waals surface area contributed by atoms with Crippen LogP contribution in [0.1, 0.15) is 39.0 Å². The molecule has 3 heteroatoms. The van der Waals surface area contributed by atoms with Crippen LogP contribution in [0.25, 0.3) is 0 Å². The van der Waals surface area contributed by atoms with Crippen LogP contribution in [0.15, 0.2) is 0 Å². The quantitative estimate of drug-likeness (QED) is 0.593. The minimum Gasteiger partial charge on any atom is -0.385 e.